The maximum absolute atomic E-state index is 12.8. The van der Waals surface area contributed by atoms with Crippen molar-refractivity contribution in [2.45, 2.75) is 19.5 Å². The number of imidazole rings is 1. The zero-order chi connectivity index (χ0) is 24.4. The van der Waals surface area contributed by atoms with Gasteiger partial charge in [-0.15, -0.1) is 13.2 Å². The zero-order valence-electron chi connectivity index (χ0n) is 18.6. The first kappa shape index (κ1) is 22.9. The third kappa shape index (κ3) is 5.60. The Kier molecular flexibility index (Phi) is 6.12. The number of amides is 1. The van der Waals surface area contributed by atoms with Gasteiger partial charge in [0.05, 0.1) is 17.6 Å². The molecule has 1 aliphatic heterocycles. The minimum atomic E-state index is -4.71. The maximum Gasteiger partial charge on any atom is 0.573 e. The van der Waals surface area contributed by atoms with Gasteiger partial charge >= 0.3 is 6.36 Å². The van der Waals surface area contributed by atoms with Gasteiger partial charge in [-0.25, -0.2) is 4.98 Å². The average molecular weight is 481 g/mol. The predicted molar refractivity (Wildman–Crippen MR) is 123 cm³/mol. The van der Waals surface area contributed by atoms with Gasteiger partial charge in [0.25, 0.3) is 0 Å². The van der Waals surface area contributed by atoms with E-state index in [2.05, 4.69) is 19.7 Å². The van der Waals surface area contributed by atoms with Gasteiger partial charge in [-0.1, -0.05) is 18.2 Å². The van der Waals surface area contributed by atoms with E-state index in [0.29, 0.717) is 26.2 Å². The van der Waals surface area contributed by atoms with Crippen LogP contribution in [0.1, 0.15) is 11.1 Å². The highest BCUT2D eigenvalue weighted by Crippen LogP contribution is 2.24. The molecule has 7 nitrogen and oxygen atoms in total. The van der Waals surface area contributed by atoms with Crippen molar-refractivity contribution in [1.82, 2.24) is 24.8 Å². The molecule has 1 saturated heterocycles. The second-order valence-corrected chi connectivity index (χ2v) is 8.40. The van der Waals surface area contributed by atoms with E-state index in [-0.39, 0.29) is 18.2 Å². The molecule has 1 fully saturated rings. The molecule has 3 heterocycles. The minimum absolute atomic E-state index is 0.00836. The Hall–Kier alpha value is -3.92. The summed E-state index contributed by atoms with van der Waals surface area (Å²) in [5.74, 6) is 0.492. The summed E-state index contributed by atoms with van der Waals surface area (Å²) in [6.07, 6.45) is -1.25. The number of nitrogens with zero attached hydrogens (tertiary/aromatic N) is 4. The van der Waals surface area contributed by atoms with Crippen molar-refractivity contribution in [2.24, 2.45) is 0 Å². The number of fused-ring (bicyclic) bond motifs is 1. The second-order valence-electron chi connectivity index (χ2n) is 8.40. The topological polar surface area (TPSA) is 74.3 Å². The molecule has 2 aromatic heterocycles. The van der Waals surface area contributed by atoms with Crippen LogP contribution in [0, 0.1) is 0 Å². The number of aromatic nitrogens is 3. The highest BCUT2D eigenvalue weighted by molar-refractivity contribution is 5.81. The third-order valence-corrected chi connectivity index (χ3v) is 5.82. The quantitative estimate of drug-likeness (QED) is 0.443. The van der Waals surface area contributed by atoms with Crippen molar-refractivity contribution in [1.29, 1.82) is 0 Å². The molecular weight excluding hydrogens is 459 g/mol. The SMILES string of the molecule is O=C1CN(Cc2ccc(OC(F)(F)F)cc2)CCN1Cc1ccc2nc(-c3cccnc3)[nH]c2c1. The van der Waals surface area contributed by atoms with E-state index in [4.69, 9.17) is 0 Å². The number of pyridine rings is 1. The molecule has 0 spiro atoms. The highest BCUT2D eigenvalue weighted by atomic mass is 19.4. The number of piperazine rings is 1. The summed E-state index contributed by atoms with van der Waals surface area (Å²) in [6.45, 7) is 2.45. The van der Waals surface area contributed by atoms with Crippen molar-refractivity contribution < 1.29 is 22.7 Å². The van der Waals surface area contributed by atoms with Crippen LogP contribution in [-0.4, -0.2) is 56.7 Å². The Balaban J connectivity index is 1.19. The molecular formula is C25H22F3N5O2. The van der Waals surface area contributed by atoms with E-state index in [1.54, 1.807) is 24.5 Å². The number of carbonyl (C=O) groups excluding carboxylic acids is 1. The Morgan fingerprint density at radius 1 is 1.00 bits per heavy atom. The summed E-state index contributed by atoms with van der Waals surface area (Å²) in [7, 11) is 0. The lowest BCUT2D eigenvalue weighted by Crippen LogP contribution is -2.49. The number of benzene rings is 2. The van der Waals surface area contributed by atoms with Crippen LogP contribution in [0.3, 0.4) is 0 Å². The van der Waals surface area contributed by atoms with E-state index in [0.717, 1.165) is 33.5 Å². The number of hydrogen-bond donors (Lipinski definition) is 1. The number of H-pyrrole nitrogens is 1. The first-order valence-corrected chi connectivity index (χ1v) is 11.1. The first-order chi connectivity index (χ1) is 16.8. The lowest BCUT2D eigenvalue weighted by Gasteiger charge is -2.34. The maximum atomic E-state index is 12.8. The monoisotopic (exact) mass is 481 g/mol. The zero-order valence-corrected chi connectivity index (χ0v) is 18.6. The number of hydrogen-bond acceptors (Lipinski definition) is 5. The van der Waals surface area contributed by atoms with Crippen LogP contribution in [0.2, 0.25) is 0 Å². The first-order valence-electron chi connectivity index (χ1n) is 11.1. The van der Waals surface area contributed by atoms with Gasteiger partial charge in [-0.3, -0.25) is 14.7 Å². The second kappa shape index (κ2) is 9.38. The Morgan fingerprint density at radius 2 is 1.80 bits per heavy atom. The normalized spacial score (nSPS) is 15.1. The fourth-order valence-electron chi connectivity index (χ4n) is 4.13. The standard InChI is InChI=1S/C25H22F3N5O2/c26-25(27,28)35-20-6-3-17(4-7-20)14-32-10-11-33(23(34)16-32)15-18-5-8-21-22(12-18)31-24(30-21)19-2-1-9-29-13-19/h1-9,12-13H,10-11,14-16H2,(H,30,31). The number of carbonyl (C=O) groups is 1. The number of ether oxygens (including phenoxy) is 1. The molecule has 1 amide bonds. The summed E-state index contributed by atoms with van der Waals surface area (Å²) in [5.41, 5.74) is 4.45. The summed E-state index contributed by atoms with van der Waals surface area (Å²) in [5, 5.41) is 0. The van der Waals surface area contributed by atoms with E-state index in [1.165, 1.54) is 12.1 Å². The predicted octanol–water partition coefficient (Wildman–Crippen LogP) is 4.37. The largest absolute Gasteiger partial charge is 0.573 e. The van der Waals surface area contributed by atoms with Crippen molar-refractivity contribution in [3.8, 4) is 17.1 Å². The van der Waals surface area contributed by atoms with Crippen LogP contribution in [0.4, 0.5) is 13.2 Å². The van der Waals surface area contributed by atoms with Gasteiger partial charge in [0.2, 0.25) is 5.91 Å². The molecule has 4 aromatic rings. The van der Waals surface area contributed by atoms with Gasteiger partial charge in [0.1, 0.15) is 11.6 Å². The molecule has 0 atom stereocenters. The Morgan fingerprint density at radius 3 is 2.51 bits per heavy atom. The Bertz CT molecular complexity index is 1320. The summed E-state index contributed by atoms with van der Waals surface area (Å²) in [4.78, 5) is 28.6. The molecule has 0 unspecified atom stereocenters. The van der Waals surface area contributed by atoms with Gasteiger partial charge in [-0.05, 0) is 47.5 Å². The van der Waals surface area contributed by atoms with Gasteiger partial charge < -0.3 is 14.6 Å². The molecule has 1 N–H and O–H groups in total. The molecule has 180 valence electrons. The van der Waals surface area contributed by atoms with Crippen molar-refractivity contribution in [2.75, 3.05) is 19.6 Å². The van der Waals surface area contributed by atoms with Crippen LogP contribution < -0.4 is 4.74 Å². The number of halogens is 3. The highest BCUT2D eigenvalue weighted by Gasteiger charge is 2.31. The van der Waals surface area contributed by atoms with E-state index in [1.807, 2.05) is 40.1 Å². The van der Waals surface area contributed by atoms with Crippen molar-refractivity contribution >= 4 is 16.9 Å². The van der Waals surface area contributed by atoms with Crippen molar-refractivity contribution in [3.63, 3.8) is 0 Å². The fraction of sp³-hybridized carbons (Fsp3) is 0.240. The number of nitrogens with one attached hydrogen (secondary N) is 1. The van der Waals surface area contributed by atoms with Gasteiger partial charge in [0.15, 0.2) is 0 Å². The molecule has 0 saturated carbocycles. The summed E-state index contributed by atoms with van der Waals surface area (Å²) < 4.78 is 40.9. The minimum Gasteiger partial charge on any atom is -0.406 e. The number of alkyl halides is 3. The smallest absolute Gasteiger partial charge is 0.406 e. The van der Waals surface area contributed by atoms with E-state index in [9.17, 15) is 18.0 Å². The molecule has 35 heavy (non-hydrogen) atoms. The number of aromatic amines is 1. The lowest BCUT2D eigenvalue weighted by molar-refractivity contribution is -0.274. The molecule has 1 aliphatic rings. The van der Waals surface area contributed by atoms with E-state index >= 15 is 0 Å². The van der Waals surface area contributed by atoms with Crippen LogP contribution >= 0.6 is 0 Å². The molecule has 5 rings (SSSR count). The van der Waals surface area contributed by atoms with Crippen LogP contribution in [-0.2, 0) is 17.9 Å². The molecule has 2 aromatic carbocycles. The molecule has 0 aliphatic carbocycles. The Labute approximate surface area is 199 Å². The van der Waals surface area contributed by atoms with Crippen LogP contribution in [0.5, 0.6) is 5.75 Å². The molecule has 0 bridgehead atoms. The van der Waals surface area contributed by atoms with E-state index < -0.39 is 6.36 Å². The average Bonchev–Trinajstić information content (AvgIpc) is 3.25. The lowest BCUT2D eigenvalue weighted by atomic mass is 10.1. The third-order valence-electron chi connectivity index (χ3n) is 5.82. The summed E-state index contributed by atoms with van der Waals surface area (Å²) in [6, 6.07) is 15.4. The molecule has 0 radical (unpaired) electrons. The summed E-state index contributed by atoms with van der Waals surface area (Å²) >= 11 is 0. The number of rotatable bonds is 6. The van der Waals surface area contributed by atoms with Gasteiger partial charge in [0, 0.05) is 44.1 Å². The van der Waals surface area contributed by atoms with Crippen LogP contribution in [0.15, 0.2) is 67.0 Å². The molecule has 10 heteroatoms. The van der Waals surface area contributed by atoms with Crippen molar-refractivity contribution in [3.05, 3.63) is 78.1 Å². The fourth-order valence-corrected chi connectivity index (χ4v) is 4.13. The van der Waals surface area contributed by atoms with Crippen LogP contribution in [0.25, 0.3) is 22.4 Å². The van der Waals surface area contributed by atoms with Gasteiger partial charge in [-0.2, -0.15) is 0 Å².